The molecule has 0 amide bonds. The lowest BCUT2D eigenvalue weighted by Crippen LogP contribution is -2.03. The molecule has 7 heteroatoms. The van der Waals surface area contributed by atoms with Gasteiger partial charge in [0.25, 0.3) is 5.69 Å². The van der Waals surface area contributed by atoms with Crippen LogP contribution in [0.3, 0.4) is 0 Å². The number of aromatic carboxylic acids is 1. The highest BCUT2D eigenvalue weighted by molar-refractivity contribution is 5.98. The van der Waals surface area contributed by atoms with E-state index >= 15 is 0 Å². The third-order valence-corrected chi connectivity index (χ3v) is 3.18. The Morgan fingerprint density at radius 2 is 1.95 bits per heavy atom. The van der Waals surface area contributed by atoms with E-state index in [-0.39, 0.29) is 22.4 Å². The quantitative estimate of drug-likeness (QED) is 0.690. The summed E-state index contributed by atoms with van der Waals surface area (Å²) in [6.07, 6.45) is 0. The zero-order valence-corrected chi connectivity index (χ0v) is 11.8. The molecule has 1 N–H and O–H groups in total. The van der Waals surface area contributed by atoms with Crippen molar-refractivity contribution < 1.29 is 24.0 Å². The van der Waals surface area contributed by atoms with E-state index in [9.17, 15) is 24.4 Å². The Morgan fingerprint density at radius 1 is 1.27 bits per heavy atom. The molecule has 2 aromatic carbocycles. The number of non-ortho nitro benzene ring substituents is 1. The first-order chi connectivity index (χ1) is 10.3. The smallest absolute Gasteiger partial charge is 0.336 e. The number of hydrogen-bond acceptors (Lipinski definition) is 4. The van der Waals surface area contributed by atoms with Gasteiger partial charge in [-0.2, -0.15) is 0 Å². The molecule has 0 unspecified atom stereocenters. The van der Waals surface area contributed by atoms with Gasteiger partial charge in [-0.05, 0) is 30.7 Å². The standard InChI is InChI=1S/C15H12FNO5/c1-8-5-9(16)6-12(14(8)22-2)11-4-3-10(17(20)21)7-13(11)15(18)19/h3-7H,1-2H3,(H,18,19). The Labute approximate surface area is 124 Å². The minimum atomic E-state index is -1.34. The number of rotatable bonds is 4. The zero-order chi connectivity index (χ0) is 16.4. The molecule has 0 aliphatic heterocycles. The van der Waals surface area contributed by atoms with Crippen molar-refractivity contribution in [3.63, 3.8) is 0 Å². The van der Waals surface area contributed by atoms with Crippen molar-refractivity contribution in [2.24, 2.45) is 0 Å². The van der Waals surface area contributed by atoms with Crippen LogP contribution >= 0.6 is 0 Å². The molecule has 0 fully saturated rings. The predicted molar refractivity (Wildman–Crippen MR) is 76.7 cm³/mol. The monoisotopic (exact) mass is 305 g/mol. The SMILES string of the molecule is COc1c(C)cc(F)cc1-c1ccc([N+](=O)[O-])cc1C(=O)O. The summed E-state index contributed by atoms with van der Waals surface area (Å²) in [5.74, 6) is -1.58. The van der Waals surface area contributed by atoms with Crippen LogP contribution in [0.5, 0.6) is 5.75 Å². The molecule has 6 nitrogen and oxygen atoms in total. The van der Waals surface area contributed by atoms with E-state index in [1.807, 2.05) is 0 Å². The number of carboxylic acid groups (broad SMARTS) is 1. The largest absolute Gasteiger partial charge is 0.496 e. The number of nitrogens with zero attached hydrogens (tertiary/aromatic N) is 1. The first-order valence-corrected chi connectivity index (χ1v) is 6.21. The Morgan fingerprint density at radius 3 is 2.50 bits per heavy atom. The normalized spacial score (nSPS) is 10.3. The number of halogens is 1. The summed E-state index contributed by atoms with van der Waals surface area (Å²) in [6.45, 7) is 1.62. The third-order valence-electron chi connectivity index (χ3n) is 3.18. The third kappa shape index (κ3) is 2.73. The molecule has 0 bridgehead atoms. The Hall–Kier alpha value is -2.96. The van der Waals surface area contributed by atoms with E-state index in [0.717, 1.165) is 12.1 Å². The van der Waals surface area contributed by atoms with Gasteiger partial charge in [0.15, 0.2) is 0 Å². The number of carboxylic acids is 1. The topological polar surface area (TPSA) is 89.7 Å². The fraction of sp³-hybridized carbons (Fsp3) is 0.133. The van der Waals surface area contributed by atoms with Crippen molar-refractivity contribution >= 4 is 11.7 Å². The second kappa shape index (κ2) is 5.80. The highest BCUT2D eigenvalue weighted by Gasteiger charge is 2.20. The molecule has 0 aliphatic carbocycles. The van der Waals surface area contributed by atoms with Crippen molar-refractivity contribution in [1.29, 1.82) is 0 Å². The summed E-state index contributed by atoms with van der Waals surface area (Å²) in [5, 5.41) is 20.1. The second-order valence-electron chi connectivity index (χ2n) is 4.60. The summed E-state index contributed by atoms with van der Waals surface area (Å²) in [7, 11) is 1.38. The molecule has 0 atom stereocenters. The average Bonchev–Trinajstić information content (AvgIpc) is 2.45. The number of nitro benzene ring substituents is 1. The van der Waals surface area contributed by atoms with Gasteiger partial charge in [-0.25, -0.2) is 9.18 Å². The maximum absolute atomic E-state index is 13.7. The van der Waals surface area contributed by atoms with Crippen molar-refractivity contribution in [1.82, 2.24) is 0 Å². The molecular formula is C15H12FNO5. The van der Waals surface area contributed by atoms with Crippen molar-refractivity contribution in [2.45, 2.75) is 6.92 Å². The predicted octanol–water partition coefficient (Wildman–Crippen LogP) is 3.42. The molecule has 0 aromatic heterocycles. The van der Waals surface area contributed by atoms with Crippen LogP contribution in [0.25, 0.3) is 11.1 Å². The number of carbonyl (C=O) groups is 1. The summed E-state index contributed by atoms with van der Waals surface area (Å²) >= 11 is 0. The molecule has 0 saturated heterocycles. The maximum Gasteiger partial charge on any atom is 0.336 e. The van der Waals surface area contributed by atoms with E-state index < -0.39 is 16.7 Å². The Bertz CT molecular complexity index is 773. The molecule has 2 rings (SSSR count). The van der Waals surface area contributed by atoms with Crippen LogP contribution in [0.1, 0.15) is 15.9 Å². The van der Waals surface area contributed by atoms with E-state index in [1.54, 1.807) is 6.92 Å². The molecule has 0 spiro atoms. The fourth-order valence-electron chi connectivity index (χ4n) is 2.26. The molecule has 0 radical (unpaired) electrons. The van der Waals surface area contributed by atoms with E-state index in [4.69, 9.17) is 4.74 Å². The molecule has 22 heavy (non-hydrogen) atoms. The highest BCUT2D eigenvalue weighted by Crippen LogP contribution is 2.37. The number of aryl methyl sites for hydroxylation is 1. The van der Waals surface area contributed by atoms with Crippen LogP contribution in [0.15, 0.2) is 30.3 Å². The van der Waals surface area contributed by atoms with Gasteiger partial charge in [0.1, 0.15) is 11.6 Å². The van der Waals surface area contributed by atoms with Gasteiger partial charge in [0, 0.05) is 23.3 Å². The Kier molecular flexibility index (Phi) is 4.07. The first kappa shape index (κ1) is 15.4. The van der Waals surface area contributed by atoms with Crippen LogP contribution in [0.2, 0.25) is 0 Å². The van der Waals surface area contributed by atoms with Gasteiger partial charge in [-0.15, -0.1) is 0 Å². The summed E-state index contributed by atoms with van der Waals surface area (Å²) in [4.78, 5) is 21.5. The van der Waals surface area contributed by atoms with Crippen molar-refractivity contribution in [3.05, 3.63) is 57.4 Å². The number of nitro groups is 1. The minimum absolute atomic E-state index is 0.151. The van der Waals surface area contributed by atoms with E-state index in [1.165, 1.54) is 25.3 Å². The number of benzene rings is 2. The lowest BCUT2D eigenvalue weighted by Gasteiger charge is -2.13. The second-order valence-corrected chi connectivity index (χ2v) is 4.60. The van der Waals surface area contributed by atoms with Gasteiger partial charge in [-0.3, -0.25) is 10.1 Å². The molecular weight excluding hydrogens is 293 g/mol. The molecule has 0 heterocycles. The molecule has 2 aromatic rings. The van der Waals surface area contributed by atoms with Crippen molar-refractivity contribution in [2.75, 3.05) is 7.11 Å². The van der Waals surface area contributed by atoms with Gasteiger partial charge < -0.3 is 9.84 Å². The van der Waals surface area contributed by atoms with Gasteiger partial charge in [0.2, 0.25) is 0 Å². The lowest BCUT2D eigenvalue weighted by atomic mass is 9.96. The van der Waals surface area contributed by atoms with Crippen LogP contribution in [-0.2, 0) is 0 Å². The minimum Gasteiger partial charge on any atom is -0.496 e. The van der Waals surface area contributed by atoms with Crippen LogP contribution in [0.4, 0.5) is 10.1 Å². The average molecular weight is 305 g/mol. The zero-order valence-electron chi connectivity index (χ0n) is 11.8. The van der Waals surface area contributed by atoms with Gasteiger partial charge >= 0.3 is 5.97 Å². The Balaban J connectivity index is 2.77. The van der Waals surface area contributed by atoms with E-state index in [2.05, 4.69) is 0 Å². The number of ether oxygens (including phenoxy) is 1. The van der Waals surface area contributed by atoms with Crippen molar-refractivity contribution in [3.8, 4) is 16.9 Å². The summed E-state index contributed by atoms with van der Waals surface area (Å²) < 4.78 is 18.9. The summed E-state index contributed by atoms with van der Waals surface area (Å²) in [5.41, 5.74) is 0.225. The van der Waals surface area contributed by atoms with E-state index in [0.29, 0.717) is 11.3 Å². The summed E-state index contributed by atoms with van der Waals surface area (Å²) in [6, 6.07) is 5.78. The van der Waals surface area contributed by atoms with Crippen LogP contribution < -0.4 is 4.74 Å². The first-order valence-electron chi connectivity index (χ1n) is 6.21. The van der Waals surface area contributed by atoms with Gasteiger partial charge in [-0.1, -0.05) is 0 Å². The number of hydrogen-bond donors (Lipinski definition) is 1. The number of methoxy groups -OCH3 is 1. The molecule has 0 saturated carbocycles. The molecule has 114 valence electrons. The maximum atomic E-state index is 13.7. The lowest BCUT2D eigenvalue weighted by molar-refractivity contribution is -0.384. The van der Waals surface area contributed by atoms with Gasteiger partial charge in [0.05, 0.1) is 17.6 Å². The van der Waals surface area contributed by atoms with Crippen LogP contribution in [-0.4, -0.2) is 23.1 Å². The fourth-order valence-corrected chi connectivity index (χ4v) is 2.26. The highest BCUT2D eigenvalue weighted by atomic mass is 19.1. The molecule has 0 aliphatic rings. The van der Waals surface area contributed by atoms with Crippen LogP contribution in [0, 0.1) is 22.9 Å².